The largest absolute Gasteiger partial charge is 0.310 e. The summed E-state index contributed by atoms with van der Waals surface area (Å²) in [4.78, 5) is 2.49. The van der Waals surface area contributed by atoms with Crippen LogP contribution in [0, 0.1) is 0 Å². The highest BCUT2D eigenvalue weighted by Gasteiger charge is 2.52. The van der Waals surface area contributed by atoms with Crippen molar-refractivity contribution in [1.29, 1.82) is 0 Å². The first-order valence-corrected chi connectivity index (χ1v) is 28.4. The molecule has 0 aliphatic heterocycles. The maximum Gasteiger partial charge on any atom is 0.0726 e. The summed E-state index contributed by atoms with van der Waals surface area (Å²) < 4.78 is 4.80. The Bertz CT molecular complexity index is 4960. The summed E-state index contributed by atoms with van der Waals surface area (Å²) in [6.07, 6.45) is 0. The highest BCUT2D eigenvalue weighted by molar-refractivity contribution is 6.16. The highest BCUT2D eigenvalue weighted by atomic mass is 15.1. The molecule has 15 aromatic rings. The van der Waals surface area contributed by atoms with E-state index in [2.05, 4.69) is 323 Å². The maximum absolute atomic E-state index is 2.49. The smallest absolute Gasteiger partial charge is 0.0726 e. The number of rotatable bonds is 8. The third-order valence-corrected chi connectivity index (χ3v) is 17.8. The minimum atomic E-state index is -0.470. The van der Waals surface area contributed by atoms with Crippen LogP contribution in [0.25, 0.3) is 111 Å². The first-order valence-electron chi connectivity index (χ1n) is 28.4. The van der Waals surface area contributed by atoms with Crippen molar-refractivity contribution >= 4 is 60.7 Å². The van der Waals surface area contributed by atoms with Gasteiger partial charge >= 0.3 is 0 Å². The molecule has 1 spiro atoms. The van der Waals surface area contributed by atoms with Gasteiger partial charge in [-0.1, -0.05) is 224 Å². The number of hydrogen-bond acceptors (Lipinski definition) is 1. The summed E-state index contributed by atoms with van der Waals surface area (Å²) in [5.74, 6) is 0. The Morgan fingerprint density at radius 2 is 0.695 bits per heavy atom. The van der Waals surface area contributed by atoms with Gasteiger partial charge in [0.05, 0.1) is 33.2 Å². The summed E-state index contributed by atoms with van der Waals surface area (Å²) in [5.41, 5.74) is 27.5. The van der Waals surface area contributed by atoms with E-state index in [-0.39, 0.29) is 0 Å². The van der Waals surface area contributed by atoms with Crippen molar-refractivity contribution in [2.24, 2.45) is 0 Å². The van der Waals surface area contributed by atoms with Gasteiger partial charge in [0.2, 0.25) is 0 Å². The fourth-order valence-electron chi connectivity index (χ4n) is 14.3. The van der Waals surface area contributed by atoms with Gasteiger partial charge in [0.15, 0.2) is 0 Å². The lowest BCUT2D eigenvalue weighted by Crippen LogP contribution is -2.26. The van der Waals surface area contributed by atoms with Crippen molar-refractivity contribution in [3.05, 3.63) is 332 Å². The fourth-order valence-corrected chi connectivity index (χ4v) is 14.3. The lowest BCUT2D eigenvalue weighted by atomic mass is 9.70. The van der Waals surface area contributed by atoms with E-state index < -0.39 is 5.41 Å². The lowest BCUT2D eigenvalue weighted by Gasteiger charge is -2.32. The van der Waals surface area contributed by atoms with Gasteiger partial charge in [-0.3, -0.25) is 0 Å². The third kappa shape index (κ3) is 6.71. The predicted molar refractivity (Wildman–Crippen MR) is 342 cm³/mol. The van der Waals surface area contributed by atoms with Gasteiger partial charge in [-0.15, -0.1) is 0 Å². The Labute approximate surface area is 476 Å². The number of nitrogens with zero attached hydrogens (tertiary/aromatic N) is 3. The van der Waals surface area contributed by atoms with Crippen LogP contribution in [0.1, 0.15) is 22.3 Å². The van der Waals surface area contributed by atoms with Crippen molar-refractivity contribution in [2.75, 3.05) is 4.90 Å². The molecule has 0 fully saturated rings. The standard InChI is InChI=1S/C79H51N3/c1-3-19-52(20-4-1)56-43-50-74-67(51-56)64-25-10-15-33-72(64)81(74)60-46-39-54(40-47-60)53-37-44-58(45-38-53)80(59-48-41-55(42-49-59)61-28-17-35-75-77(61)66-27-11-16-34-73(66)82(75)57-21-5-2-6-22-57)76-36-18-32-71-78(76)65-26-9-14-31-70(65)79(71)68-29-12-7-23-62(68)63-24-8-13-30-69(63)79/h1-51H. The van der Waals surface area contributed by atoms with Crippen LogP contribution in [0.5, 0.6) is 0 Å². The molecule has 13 aromatic carbocycles. The molecule has 0 unspecified atom stereocenters. The molecular formula is C79H51N3. The van der Waals surface area contributed by atoms with Gasteiger partial charge in [0.1, 0.15) is 0 Å². The van der Waals surface area contributed by atoms with Gasteiger partial charge in [0.25, 0.3) is 0 Å². The van der Waals surface area contributed by atoms with Gasteiger partial charge in [-0.25, -0.2) is 0 Å². The summed E-state index contributed by atoms with van der Waals surface area (Å²) in [6, 6.07) is 114. The second kappa shape index (κ2) is 18.2. The molecule has 2 aliphatic rings. The number of para-hydroxylation sites is 3. The second-order valence-electron chi connectivity index (χ2n) is 21.9. The van der Waals surface area contributed by atoms with Crippen molar-refractivity contribution < 1.29 is 0 Å². The number of aromatic nitrogens is 2. The lowest BCUT2D eigenvalue weighted by molar-refractivity contribution is 0.794. The van der Waals surface area contributed by atoms with E-state index >= 15 is 0 Å². The molecule has 2 aliphatic carbocycles. The Morgan fingerprint density at radius 1 is 0.256 bits per heavy atom. The first kappa shape index (κ1) is 46.2. The second-order valence-corrected chi connectivity index (χ2v) is 21.9. The van der Waals surface area contributed by atoms with Crippen molar-refractivity contribution in [2.45, 2.75) is 5.41 Å². The van der Waals surface area contributed by atoms with Crippen LogP contribution in [0.3, 0.4) is 0 Å². The Hall–Kier alpha value is -10.7. The fraction of sp³-hybridized carbons (Fsp3) is 0.0127. The molecule has 0 saturated heterocycles. The minimum Gasteiger partial charge on any atom is -0.310 e. The van der Waals surface area contributed by atoms with E-state index in [0.29, 0.717) is 0 Å². The zero-order chi connectivity index (χ0) is 53.9. The number of benzene rings is 13. The van der Waals surface area contributed by atoms with Crippen LogP contribution in [-0.2, 0) is 5.41 Å². The van der Waals surface area contributed by atoms with Crippen molar-refractivity contribution in [1.82, 2.24) is 9.13 Å². The molecule has 82 heavy (non-hydrogen) atoms. The SMILES string of the molecule is c1ccc(-c2ccc3c(c2)c2ccccc2n3-c2ccc(-c3ccc(N(c4ccc(-c5cccc6c5c5ccccc5n6-c5ccccc5)cc4)c4cccc5c4-c4ccccc4C54c5ccccc5-c5ccccc54)cc3)cc2)cc1. The van der Waals surface area contributed by atoms with Gasteiger partial charge in [-0.2, -0.15) is 0 Å². The quantitative estimate of drug-likeness (QED) is 0.148. The highest BCUT2D eigenvalue weighted by Crippen LogP contribution is 2.64. The zero-order valence-electron chi connectivity index (χ0n) is 44.8. The topological polar surface area (TPSA) is 13.1 Å². The van der Waals surface area contributed by atoms with Crippen LogP contribution in [0.4, 0.5) is 17.1 Å². The van der Waals surface area contributed by atoms with Gasteiger partial charge in [-0.05, 0) is 157 Å². The van der Waals surface area contributed by atoms with E-state index in [4.69, 9.17) is 0 Å². The summed E-state index contributed by atoms with van der Waals surface area (Å²) in [5, 5.41) is 4.99. The third-order valence-electron chi connectivity index (χ3n) is 17.8. The summed E-state index contributed by atoms with van der Waals surface area (Å²) in [7, 11) is 0. The average Bonchev–Trinajstić information content (AvgIpc) is 1.74. The van der Waals surface area contributed by atoms with E-state index in [1.165, 1.54) is 110 Å². The Balaban J connectivity index is 0.804. The molecule has 2 aromatic heterocycles. The molecule has 382 valence electrons. The van der Waals surface area contributed by atoms with Crippen LogP contribution in [-0.4, -0.2) is 9.13 Å². The van der Waals surface area contributed by atoms with Crippen LogP contribution in [0.15, 0.2) is 309 Å². The molecule has 0 N–H and O–H groups in total. The average molecular weight is 1040 g/mol. The number of hydrogen-bond donors (Lipinski definition) is 0. The minimum absolute atomic E-state index is 0.470. The molecule has 0 saturated carbocycles. The molecule has 0 atom stereocenters. The Kier molecular flexibility index (Phi) is 10.2. The monoisotopic (exact) mass is 1040 g/mol. The van der Waals surface area contributed by atoms with E-state index in [0.717, 1.165) is 39.6 Å². The maximum atomic E-state index is 2.49. The van der Waals surface area contributed by atoms with Crippen LogP contribution >= 0.6 is 0 Å². The van der Waals surface area contributed by atoms with Gasteiger partial charge < -0.3 is 14.0 Å². The summed E-state index contributed by atoms with van der Waals surface area (Å²) in [6.45, 7) is 0. The molecule has 0 radical (unpaired) electrons. The zero-order valence-corrected chi connectivity index (χ0v) is 44.8. The molecule has 0 amide bonds. The number of anilines is 3. The summed E-state index contributed by atoms with van der Waals surface area (Å²) >= 11 is 0. The van der Waals surface area contributed by atoms with Crippen molar-refractivity contribution in [3.8, 4) is 67.0 Å². The van der Waals surface area contributed by atoms with E-state index in [9.17, 15) is 0 Å². The molecule has 17 rings (SSSR count). The first-order chi connectivity index (χ1) is 40.7. The normalized spacial score (nSPS) is 12.7. The number of fused-ring (bicyclic) bond motifs is 16. The van der Waals surface area contributed by atoms with E-state index in [1.807, 2.05) is 0 Å². The predicted octanol–water partition coefficient (Wildman–Crippen LogP) is 20.7. The van der Waals surface area contributed by atoms with Crippen molar-refractivity contribution in [3.63, 3.8) is 0 Å². The molecule has 2 heterocycles. The van der Waals surface area contributed by atoms with Crippen LogP contribution < -0.4 is 4.90 Å². The van der Waals surface area contributed by atoms with Crippen LogP contribution in [0.2, 0.25) is 0 Å². The molecular weight excluding hydrogens is 991 g/mol. The Morgan fingerprint density at radius 3 is 1.38 bits per heavy atom. The molecule has 0 bridgehead atoms. The molecule has 3 heteroatoms. The van der Waals surface area contributed by atoms with Gasteiger partial charge in [0, 0.05) is 49.9 Å². The molecule has 3 nitrogen and oxygen atoms in total. The van der Waals surface area contributed by atoms with E-state index in [1.54, 1.807) is 0 Å².